The molecule has 0 spiro atoms. The molecule has 442 valence electrons. The van der Waals surface area contributed by atoms with Crippen molar-refractivity contribution in [1.29, 1.82) is 0 Å². The van der Waals surface area contributed by atoms with E-state index in [1.165, 1.54) is 128 Å². The van der Waals surface area contributed by atoms with Crippen molar-refractivity contribution in [3.05, 3.63) is 60.8 Å². The third kappa shape index (κ3) is 55.9. The molecule has 3 unspecified atom stereocenters. The first kappa shape index (κ1) is 73.2. The van der Waals surface area contributed by atoms with E-state index in [2.05, 4.69) is 81.5 Å². The van der Waals surface area contributed by atoms with Gasteiger partial charge in [0.05, 0.1) is 19.8 Å². The zero-order valence-electron chi connectivity index (χ0n) is 49.0. The molecular formula is C64H115O11P. The predicted molar refractivity (Wildman–Crippen MR) is 316 cm³/mol. The highest BCUT2D eigenvalue weighted by Crippen LogP contribution is 2.43. The van der Waals surface area contributed by atoms with E-state index in [0.717, 1.165) is 103 Å². The maximum absolute atomic E-state index is 12.9. The predicted octanol–water partition coefficient (Wildman–Crippen LogP) is 18.7. The lowest BCUT2D eigenvalue weighted by Crippen LogP contribution is -2.30. The molecule has 0 aromatic rings. The zero-order valence-corrected chi connectivity index (χ0v) is 49.9. The molecule has 0 amide bonds. The van der Waals surface area contributed by atoms with Crippen molar-refractivity contribution in [2.24, 2.45) is 0 Å². The van der Waals surface area contributed by atoms with E-state index in [0.29, 0.717) is 19.3 Å². The number of carbonyl (C=O) groups excluding carboxylic acids is 3. The number of ether oxygens (including phenoxy) is 3. The van der Waals surface area contributed by atoms with Gasteiger partial charge in [-0.05, 0) is 103 Å². The summed E-state index contributed by atoms with van der Waals surface area (Å²) >= 11 is 0. The molecule has 0 rings (SSSR count). The summed E-state index contributed by atoms with van der Waals surface area (Å²) in [4.78, 5) is 48.6. The van der Waals surface area contributed by atoms with Crippen LogP contribution in [-0.2, 0) is 42.2 Å². The highest BCUT2D eigenvalue weighted by Gasteiger charge is 2.28. The van der Waals surface area contributed by atoms with E-state index in [1.54, 1.807) is 0 Å². The van der Waals surface area contributed by atoms with Gasteiger partial charge in [-0.3, -0.25) is 23.4 Å². The van der Waals surface area contributed by atoms with Gasteiger partial charge in [-0.25, -0.2) is 4.57 Å². The standard InChI is InChI=1S/C64H115O11P/c1-4-7-10-13-16-19-22-24-26-28-30-32-34-36-39-41-44-47-50-53-62(66)71-57-61(75-64(68)55-52-49-46-43-40-37-35-33-31-29-27-25-23-20-17-14-11-8-5-2)59-73-76(69,70)72-58-60(56-65)74-63(67)54-51-48-45-42-38-21-18-15-12-9-6-3/h15-20,24-27,60-61,65H,4-14,21-23,28-59H2,1-3H3,(H,69,70)/b18-15-,19-16-,20-17-,26-24-,27-25-. The van der Waals surface area contributed by atoms with E-state index >= 15 is 0 Å². The minimum Gasteiger partial charge on any atom is -0.462 e. The van der Waals surface area contributed by atoms with Crippen molar-refractivity contribution >= 4 is 25.7 Å². The number of unbranched alkanes of at least 4 members (excludes halogenated alkanes) is 31. The second kappa shape index (κ2) is 58.3. The van der Waals surface area contributed by atoms with Gasteiger partial charge in [-0.1, -0.05) is 229 Å². The van der Waals surface area contributed by atoms with Gasteiger partial charge in [0.15, 0.2) is 6.10 Å². The molecule has 11 nitrogen and oxygen atoms in total. The van der Waals surface area contributed by atoms with Crippen molar-refractivity contribution in [3.8, 4) is 0 Å². The number of aliphatic hydroxyl groups is 1. The number of phosphoric ester groups is 1. The zero-order chi connectivity index (χ0) is 55.5. The summed E-state index contributed by atoms with van der Waals surface area (Å²) in [6.45, 7) is 4.57. The van der Waals surface area contributed by atoms with Gasteiger partial charge < -0.3 is 24.2 Å². The molecular weight excluding hydrogens is 976 g/mol. The average Bonchev–Trinajstić information content (AvgIpc) is 3.41. The summed E-state index contributed by atoms with van der Waals surface area (Å²) < 4.78 is 39.6. The number of hydrogen-bond acceptors (Lipinski definition) is 10. The minimum atomic E-state index is -4.75. The molecule has 0 aromatic carbocycles. The summed E-state index contributed by atoms with van der Waals surface area (Å²) in [5.74, 6) is -1.47. The normalized spacial score (nSPS) is 13.7. The van der Waals surface area contributed by atoms with Gasteiger partial charge in [0, 0.05) is 19.3 Å². The largest absolute Gasteiger partial charge is 0.472 e. The van der Waals surface area contributed by atoms with Crippen molar-refractivity contribution in [1.82, 2.24) is 0 Å². The first-order valence-electron chi connectivity index (χ1n) is 31.2. The Hall–Kier alpha value is -2.82. The van der Waals surface area contributed by atoms with Crippen molar-refractivity contribution in [2.45, 2.75) is 303 Å². The molecule has 0 aromatic heterocycles. The Morgan fingerprint density at radius 3 is 1.03 bits per heavy atom. The van der Waals surface area contributed by atoms with Gasteiger partial charge >= 0.3 is 25.7 Å². The third-order valence-corrected chi connectivity index (χ3v) is 14.3. The molecule has 12 heteroatoms. The second-order valence-electron chi connectivity index (χ2n) is 20.9. The number of phosphoric acid groups is 1. The van der Waals surface area contributed by atoms with Crippen molar-refractivity contribution in [2.75, 3.05) is 26.4 Å². The minimum absolute atomic E-state index is 0.162. The van der Waals surface area contributed by atoms with E-state index in [9.17, 15) is 28.9 Å². The number of aliphatic hydroxyl groups excluding tert-OH is 1. The maximum Gasteiger partial charge on any atom is 0.472 e. The lowest BCUT2D eigenvalue weighted by Gasteiger charge is -2.21. The van der Waals surface area contributed by atoms with E-state index in [1.807, 2.05) is 0 Å². The van der Waals surface area contributed by atoms with E-state index < -0.39 is 57.8 Å². The van der Waals surface area contributed by atoms with Crippen LogP contribution in [0.15, 0.2) is 60.8 Å². The topological polar surface area (TPSA) is 155 Å². The van der Waals surface area contributed by atoms with Crippen molar-refractivity contribution < 1.29 is 52.2 Å². The van der Waals surface area contributed by atoms with Crippen LogP contribution in [0.1, 0.15) is 290 Å². The van der Waals surface area contributed by atoms with Crippen LogP contribution >= 0.6 is 7.82 Å². The molecule has 0 aliphatic rings. The van der Waals surface area contributed by atoms with E-state index in [4.69, 9.17) is 23.3 Å². The SMILES string of the molecule is CCCC/C=C\CCCCCCCC(=O)OC(CO)COP(=O)(O)OCC(COC(=O)CCCCCCCCCCC/C=C\C/C=C\CCCCC)OC(=O)CCCCCCCCCCC/C=C\C/C=C\CCCCC. The summed E-state index contributed by atoms with van der Waals surface area (Å²) in [6.07, 6.45) is 64.6. The molecule has 0 saturated heterocycles. The lowest BCUT2D eigenvalue weighted by molar-refractivity contribution is -0.161. The van der Waals surface area contributed by atoms with Gasteiger partial charge in [0.1, 0.15) is 12.7 Å². The molecule has 0 aliphatic carbocycles. The van der Waals surface area contributed by atoms with Crippen molar-refractivity contribution in [3.63, 3.8) is 0 Å². The Labute approximate surface area is 465 Å². The Morgan fingerprint density at radius 1 is 0.368 bits per heavy atom. The molecule has 0 fully saturated rings. The first-order valence-corrected chi connectivity index (χ1v) is 32.7. The van der Waals surface area contributed by atoms with Gasteiger partial charge in [-0.2, -0.15) is 0 Å². The van der Waals surface area contributed by atoms with Crippen LogP contribution < -0.4 is 0 Å². The third-order valence-electron chi connectivity index (χ3n) is 13.4. The number of carbonyl (C=O) groups is 3. The highest BCUT2D eigenvalue weighted by atomic mass is 31.2. The summed E-state index contributed by atoms with van der Waals surface area (Å²) in [6, 6.07) is 0. The first-order chi connectivity index (χ1) is 37.2. The van der Waals surface area contributed by atoms with Crippen LogP contribution in [-0.4, -0.2) is 66.5 Å². The number of hydrogen-bond donors (Lipinski definition) is 2. The summed E-state index contributed by atoms with van der Waals surface area (Å²) in [5.41, 5.74) is 0. The molecule has 0 saturated carbocycles. The van der Waals surface area contributed by atoms with Crippen LogP contribution in [0.2, 0.25) is 0 Å². The Bertz CT molecular complexity index is 1510. The van der Waals surface area contributed by atoms with Crippen LogP contribution in [0.25, 0.3) is 0 Å². The fourth-order valence-corrected chi connectivity index (χ4v) is 9.36. The average molecular weight is 1090 g/mol. The van der Waals surface area contributed by atoms with Crippen LogP contribution in [0.4, 0.5) is 0 Å². The lowest BCUT2D eigenvalue weighted by atomic mass is 10.1. The Balaban J connectivity index is 4.70. The maximum atomic E-state index is 12.9. The molecule has 0 radical (unpaired) electrons. The molecule has 2 N–H and O–H groups in total. The Morgan fingerprint density at radius 2 is 0.658 bits per heavy atom. The number of esters is 3. The molecule has 3 atom stereocenters. The number of rotatable bonds is 58. The van der Waals surface area contributed by atoms with Gasteiger partial charge in [-0.15, -0.1) is 0 Å². The quantitative estimate of drug-likeness (QED) is 0.0197. The molecule has 0 heterocycles. The van der Waals surface area contributed by atoms with Crippen LogP contribution in [0.5, 0.6) is 0 Å². The monoisotopic (exact) mass is 1090 g/mol. The van der Waals surface area contributed by atoms with Crippen LogP contribution in [0, 0.1) is 0 Å². The molecule has 0 aliphatic heterocycles. The highest BCUT2D eigenvalue weighted by molar-refractivity contribution is 7.47. The fourth-order valence-electron chi connectivity index (χ4n) is 8.58. The summed E-state index contributed by atoms with van der Waals surface area (Å²) in [5, 5.41) is 9.81. The van der Waals surface area contributed by atoms with Gasteiger partial charge in [0.25, 0.3) is 0 Å². The summed E-state index contributed by atoms with van der Waals surface area (Å²) in [7, 11) is -4.75. The van der Waals surface area contributed by atoms with Gasteiger partial charge in [0.2, 0.25) is 0 Å². The Kier molecular flexibility index (Phi) is 56.2. The molecule has 76 heavy (non-hydrogen) atoms. The second-order valence-corrected chi connectivity index (χ2v) is 22.3. The fraction of sp³-hybridized carbons (Fsp3) is 0.797. The number of allylic oxidation sites excluding steroid dienone is 10. The smallest absolute Gasteiger partial charge is 0.462 e. The molecule has 0 bridgehead atoms. The van der Waals surface area contributed by atoms with E-state index in [-0.39, 0.29) is 25.9 Å². The van der Waals surface area contributed by atoms with Crippen LogP contribution in [0.3, 0.4) is 0 Å².